The van der Waals surface area contributed by atoms with Crippen molar-refractivity contribution in [2.24, 2.45) is 0 Å². The number of hydrogen-bond acceptors (Lipinski definition) is 8. The first-order valence-electron chi connectivity index (χ1n) is 8.84. The van der Waals surface area contributed by atoms with Gasteiger partial charge in [0.1, 0.15) is 12.1 Å². The Labute approximate surface area is 164 Å². The Morgan fingerprint density at radius 1 is 0.690 bits per heavy atom. The molecule has 0 aliphatic carbocycles. The number of nitrogens with zero attached hydrogens (tertiary/aromatic N) is 3. The maximum Gasteiger partial charge on any atom is 0.320 e. The van der Waals surface area contributed by atoms with Crippen molar-refractivity contribution in [3.8, 4) is 0 Å². The molecule has 2 rings (SSSR count). The topological polar surface area (TPSA) is 196 Å². The third-order valence-corrected chi connectivity index (χ3v) is 5.27. The first kappa shape index (κ1) is 22.5. The summed E-state index contributed by atoms with van der Waals surface area (Å²) < 4.78 is 0. The van der Waals surface area contributed by atoms with Gasteiger partial charge in [0.05, 0.1) is 19.6 Å². The van der Waals surface area contributed by atoms with Gasteiger partial charge in [0.15, 0.2) is 0 Å². The van der Waals surface area contributed by atoms with Crippen molar-refractivity contribution in [1.82, 2.24) is 14.7 Å². The lowest BCUT2D eigenvalue weighted by atomic mass is 10.1. The van der Waals surface area contributed by atoms with E-state index < -0.39 is 73.6 Å². The molecule has 2 aliphatic rings. The molecule has 0 radical (unpaired) electrons. The van der Waals surface area contributed by atoms with E-state index in [4.69, 9.17) is 10.2 Å². The number of carbonyl (C=O) groups is 5. The van der Waals surface area contributed by atoms with Crippen LogP contribution in [0.4, 0.5) is 0 Å². The van der Waals surface area contributed by atoms with Gasteiger partial charge >= 0.3 is 29.8 Å². The second kappa shape index (κ2) is 9.15. The van der Waals surface area contributed by atoms with Crippen molar-refractivity contribution in [1.29, 1.82) is 0 Å². The standard InChI is InChI=1S/C16H23N3O10/c20-12(21)5-17-3-8(1-10(17)15(26)27)19(7-14(24)25)9-2-11(16(28)29)18(4-9)6-13(22)23/h8-11H,1-7H2,(H,20,21)(H,22,23)(H,24,25)(H,26,27)(H,28,29)/t8-,9-,10-,11-/m0/s1. The van der Waals surface area contributed by atoms with E-state index in [1.165, 1.54) is 14.7 Å². The van der Waals surface area contributed by atoms with Crippen LogP contribution in [0, 0.1) is 0 Å². The number of aliphatic carboxylic acids is 5. The molecule has 0 aromatic rings. The Kier molecular flexibility index (Phi) is 7.11. The molecule has 0 spiro atoms. The predicted molar refractivity (Wildman–Crippen MR) is 92.4 cm³/mol. The average Bonchev–Trinajstić information content (AvgIpc) is 3.15. The van der Waals surface area contributed by atoms with Gasteiger partial charge in [0, 0.05) is 25.2 Å². The highest BCUT2D eigenvalue weighted by Gasteiger charge is 2.46. The molecule has 0 bridgehead atoms. The summed E-state index contributed by atoms with van der Waals surface area (Å²) in [4.78, 5) is 60.3. The molecule has 5 N–H and O–H groups in total. The second-order valence-electron chi connectivity index (χ2n) is 7.20. The minimum absolute atomic E-state index is 0.0102. The maximum absolute atomic E-state index is 11.5. The first-order valence-corrected chi connectivity index (χ1v) is 8.84. The molecule has 0 unspecified atom stereocenters. The zero-order chi connectivity index (χ0) is 21.9. The van der Waals surface area contributed by atoms with E-state index in [-0.39, 0.29) is 25.9 Å². The van der Waals surface area contributed by atoms with Crippen LogP contribution in [-0.2, 0) is 24.0 Å². The fourth-order valence-electron chi connectivity index (χ4n) is 4.16. The lowest BCUT2D eigenvalue weighted by molar-refractivity contribution is -0.146. The van der Waals surface area contributed by atoms with Gasteiger partial charge in [-0.05, 0) is 12.8 Å². The van der Waals surface area contributed by atoms with Gasteiger partial charge in [-0.1, -0.05) is 0 Å². The summed E-state index contributed by atoms with van der Waals surface area (Å²) in [5.41, 5.74) is 0. The van der Waals surface area contributed by atoms with E-state index in [9.17, 15) is 39.3 Å². The molecule has 4 atom stereocenters. The summed E-state index contributed by atoms with van der Waals surface area (Å²) in [5.74, 6) is -6.11. The van der Waals surface area contributed by atoms with Gasteiger partial charge in [-0.3, -0.25) is 38.7 Å². The molecule has 0 saturated carbocycles. The van der Waals surface area contributed by atoms with Crippen LogP contribution in [-0.4, -0.2) is 127 Å². The van der Waals surface area contributed by atoms with Crippen LogP contribution in [0.3, 0.4) is 0 Å². The summed E-state index contributed by atoms with van der Waals surface area (Å²) in [6, 6.07) is -3.48. The summed E-state index contributed by atoms with van der Waals surface area (Å²) in [6.07, 6.45) is -0.0495. The Hall–Kier alpha value is -2.77. The van der Waals surface area contributed by atoms with Gasteiger partial charge in [0.25, 0.3) is 0 Å². The Balaban J connectivity index is 2.24. The molecule has 0 aromatic heterocycles. The molecule has 2 fully saturated rings. The van der Waals surface area contributed by atoms with Crippen molar-refractivity contribution >= 4 is 29.8 Å². The number of hydrogen-bond donors (Lipinski definition) is 5. The highest BCUT2D eigenvalue weighted by molar-refractivity contribution is 5.77. The van der Waals surface area contributed by atoms with Gasteiger partial charge in [-0.25, -0.2) is 0 Å². The van der Waals surface area contributed by atoms with E-state index in [0.29, 0.717) is 0 Å². The lowest BCUT2D eigenvalue weighted by Crippen LogP contribution is -2.48. The second-order valence-corrected chi connectivity index (χ2v) is 7.20. The minimum Gasteiger partial charge on any atom is -0.480 e. The largest absolute Gasteiger partial charge is 0.480 e. The smallest absolute Gasteiger partial charge is 0.320 e. The molecule has 0 amide bonds. The Morgan fingerprint density at radius 2 is 1.07 bits per heavy atom. The monoisotopic (exact) mass is 417 g/mol. The molecule has 2 saturated heterocycles. The fraction of sp³-hybridized carbons (Fsp3) is 0.688. The molecule has 13 heteroatoms. The average molecular weight is 417 g/mol. The van der Waals surface area contributed by atoms with Crippen LogP contribution >= 0.6 is 0 Å². The molecule has 0 aromatic carbocycles. The highest BCUT2D eigenvalue weighted by Crippen LogP contribution is 2.29. The van der Waals surface area contributed by atoms with E-state index in [2.05, 4.69) is 0 Å². The normalized spacial score (nSPS) is 27.9. The summed E-state index contributed by atoms with van der Waals surface area (Å²) >= 11 is 0. The number of likely N-dealkylation sites (tertiary alicyclic amines) is 2. The Morgan fingerprint density at radius 3 is 1.34 bits per heavy atom. The van der Waals surface area contributed by atoms with Crippen molar-refractivity contribution in [3.63, 3.8) is 0 Å². The van der Waals surface area contributed by atoms with E-state index in [0.717, 1.165) is 0 Å². The molecular formula is C16H23N3O10. The number of carboxylic acid groups (broad SMARTS) is 5. The molecular weight excluding hydrogens is 394 g/mol. The van der Waals surface area contributed by atoms with Crippen LogP contribution < -0.4 is 0 Å². The van der Waals surface area contributed by atoms with Gasteiger partial charge in [-0.15, -0.1) is 0 Å². The van der Waals surface area contributed by atoms with Crippen molar-refractivity contribution in [3.05, 3.63) is 0 Å². The van der Waals surface area contributed by atoms with Crippen LogP contribution in [0.2, 0.25) is 0 Å². The van der Waals surface area contributed by atoms with Crippen LogP contribution in [0.15, 0.2) is 0 Å². The van der Waals surface area contributed by atoms with Crippen molar-refractivity contribution in [2.45, 2.75) is 37.0 Å². The number of rotatable bonds is 10. The van der Waals surface area contributed by atoms with Crippen molar-refractivity contribution in [2.75, 3.05) is 32.7 Å². The van der Waals surface area contributed by atoms with E-state index >= 15 is 0 Å². The molecule has 162 valence electrons. The molecule has 13 nitrogen and oxygen atoms in total. The van der Waals surface area contributed by atoms with Crippen LogP contribution in [0.1, 0.15) is 12.8 Å². The molecule has 2 aliphatic heterocycles. The van der Waals surface area contributed by atoms with Gasteiger partial charge in [0.2, 0.25) is 0 Å². The minimum atomic E-state index is -1.23. The summed E-state index contributed by atoms with van der Waals surface area (Å²) in [7, 11) is 0. The zero-order valence-electron chi connectivity index (χ0n) is 15.4. The fourth-order valence-corrected chi connectivity index (χ4v) is 4.16. The van der Waals surface area contributed by atoms with E-state index in [1.807, 2.05) is 0 Å². The quantitative estimate of drug-likeness (QED) is 0.252. The number of carboxylic acids is 5. The Bertz CT molecular complexity index is 648. The summed E-state index contributed by atoms with van der Waals surface area (Å²) in [6.45, 7) is -1.58. The van der Waals surface area contributed by atoms with Gasteiger partial charge in [-0.2, -0.15) is 0 Å². The third-order valence-electron chi connectivity index (χ3n) is 5.27. The first-order chi connectivity index (χ1) is 13.5. The zero-order valence-corrected chi connectivity index (χ0v) is 15.4. The summed E-state index contributed by atoms with van der Waals surface area (Å²) in [5, 5.41) is 46.0. The van der Waals surface area contributed by atoms with Gasteiger partial charge < -0.3 is 25.5 Å². The highest BCUT2D eigenvalue weighted by atomic mass is 16.4. The van der Waals surface area contributed by atoms with E-state index in [1.54, 1.807) is 0 Å². The third kappa shape index (κ3) is 5.62. The lowest BCUT2D eigenvalue weighted by Gasteiger charge is -2.33. The van der Waals surface area contributed by atoms with Crippen molar-refractivity contribution < 1.29 is 49.5 Å². The van der Waals surface area contributed by atoms with Crippen LogP contribution in [0.25, 0.3) is 0 Å². The molecule has 29 heavy (non-hydrogen) atoms. The maximum atomic E-state index is 11.5. The van der Waals surface area contributed by atoms with Crippen LogP contribution in [0.5, 0.6) is 0 Å². The predicted octanol–water partition coefficient (Wildman–Crippen LogP) is -2.40. The SMILES string of the molecule is O=C(O)CN1C[C@@H](N(CC(=O)O)[C@H]2C[C@@H](C(=O)O)N(CC(=O)O)C2)C[C@H]1C(=O)O. The molecule has 2 heterocycles.